The van der Waals surface area contributed by atoms with Crippen molar-refractivity contribution < 1.29 is 8.42 Å². The van der Waals surface area contributed by atoms with Crippen LogP contribution >= 0.6 is 0 Å². The van der Waals surface area contributed by atoms with E-state index < -0.39 is 10.0 Å². The molecule has 0 saturated carbocycles. The van der Waals surface area contributed by atoms with Gasteiger partial charge in [0.1, 0.15) is 4.90 Å². The highest BCUT2D eigenvalue weighted by molar-refractivity contribution is 7.89. The topological polar surface area (TPSA) is 88.3 Å². The lowest BCUT2D eigenvalue weighted by molar-refractivity contribution is 0.220. The zero-order valence-corrected chi connectivity index (χ0v) is 12.6. The maximum atomic E-state index is 12.3. The van der Waals surface area contributed by atoms with E-state index in [4.69, 9.17) is 5.73 Å². The zero-order chi connectivity index (χ0) is 14.6. The molecule has 1 aliphatic heterocycles. The largest absolute Gasteiger partial charge is 0.325 e. The van der Waals surface area contributed by atoms with Crippen molar-refractivity contribution >= 4 is 10.0 Å². The van der Waals surface area contributed by atoms with Crippen molar-refractivity contribution in [3.8, 4) is 0 Å². The molecule has 0 amide bonds. The molecule has 0 aliphatic carbocycles. The summed E-state index contributed by atoms with van der Waals surface area (Å²) < 4.78 is 27.3. The first-order chi connectivity index (χ1) is 9.53. The molecule has 20 heavy (non-hydrogen) atoms. The van der Waals surface area contributed by atoms with E-state index >= 15 is 0 Å². The predicted octanol–water partition coefficient (Wildman–Crippen LogP) is 0.160. The van der Waals surface area contributed by atoms with Crippen LogP contribution in [0.5, 0.6) is 0 Å². The van der Waals surface area contributed by atoms with E-state index in [2.05, 4.69) is 21.7 Å². The molecule has 1 aromatic rings. The van der Waals surface area contributed by atoms with Crippen molar-refractivity contribution in [1.82, 2.24) is 14.6 Å². The van der Waals surface area contributed by atoms with Gasteiger partial charge in [-0.15, -0.1) is 0 Å². The molecular weight excluding hydrogens is 276 g/mol. The zero-order valence-electron chi connectivity index (χ0n) is 11.7. The molecule has 2 rings (SSSR count). The fourth-order valence-corrected chi connectivity index (χ4v) is 3.71. The van der Waals surface area contributed by atoms with Gasteiger partial charge in [0.25, 0.3) is 0 Å². The van der Waals surface area contributed by atoms with Crippen LogP contribution < -0.4 is 10.5 Å². The van der Waals surface area contributed by atoms with Gasteiger partial charge < -0.3 is 10.6 Å². The summed E-state index contributed by atoms with van der Waals surface area (Å²) in [7, 11) is -1.44. The third-order valence-electron chi connectivity index (χ3n) is 3.73. The molecule has 1 aromatic heterocycles. The summed E-state index contributed by atoms with van der Waals surface area (Å²) >= 11 is 0. The van der Waals surface area contributed by atoms with E-state index in [9.17, 15) is 8.42 Å². The van der Waals surface area contributed by atoms with E-state index in [1.807, 2.05) is 0 Å². The fraction of sp³-hybridized carbons (Fsp3) is 0.615. The smallest absolute Gasteiger partial charge is 0.242 e. The van der Waals surface area contributed by atoms with Crippen LogP contribution in [0.3, 0.4) is 0 Å². The van der Waals surface area contributed by atoms with Crippen LogP contribution in [0.4, 0.5) is 0 Å². The minimum absolute atomic E-state index is 0.116. The molecule has 1 fully saturated rings. The van der Waals surface area contributed by atoms with Gasteiger partial charge >= 0.3 is 0 Å². The van der Waals surface area contributed by atoms with E-state index in [1.54, 1.807) is 18.3 Å². The molecule has 1 aliphatic rings. The van der Waals surface area contributed by atoms with Crippen LogP contribution in [-0.4, -0.2) is 45.0 Å². The molecule has 0 bridgehead atoms. The van der Waals surface area contributed by atoms with Crippen LogP contribution in [0.2, 0.25) is 0 Å². The molecule has 0 atom stereocenters. The number of rotatable bonds is 5. The first-order valence-electron chi connectivity index (χ1n) is 6.85. The first kappa shape index (κ1) is 15.4. The summed E-state index contributed by atoms with van der Waals surface area (Å²) in [6.07, 6.45) is 3.60. The Hall–Kier alpha value is -1.02. The number of piperidine rings is 1. The van der Waals surface area contributed by atoms with Crippen LogP contribution in [0.1, 0.15) is 18.5 Å². The third-order valence-corrected chi connectivity index (χ3v) is 5.23. The van der Waals surface area contributed by atoms with Crippen molar-refractivity contribution in [2.75, 3.05) is 26.7 Å². The van der Waals surface area contributed by atoms with Gasteiger partial charge in [-0.2, -0.15) is 0 Å². The Bertz CT molecular complexity index is 539. The molecule has 0 aromatic carbocycles. The van der Waals surface area contributed by atoms with Crippen molar-refractivity contribution in [2.24, 2.45) is 11.7 Å². The van der Waals surface area contributed by atoms with Crippen molar-refractivity contribution in [2.45, 2.75) is 24.3 Å². The number of hydrogen-bond acceptors (Lipinski definition) is 5. The summed E-state index contributed by atoms with van der Waals surface area (Å²) in [5.74, 6) is 0.402. The van der Waals surface area contributed by atoms with Gasteiger partial charge in [0, 0.05) is 19.3 Å². The van der Waals surface area contributed by atoms with Crippen LogP contribution in [0.25, 0.3) is 0 Å². The monoisotopic (exact) mass is 298 g/mol. The first-order valence-corrected chi connectivity index (χ1v) is 8.33. The second kappa shape index (κ2) is 6.62. The Morgan fingerprint density at radius 3 is 2.80 bits per heavy atom. The number of pyridine rings is 1. The second-order valence-electron chi connectivity index (χ2n) is 5.25. The quantitative estimate of drug-likeness (QED) is 0.808. The normalized spacial score (nSPS) is 18.3. The number of nitrogens with one attached hydrogen (secondary N) is 1. The van der Waals surface area contributed by atoms with Crippen LogP contribution in [-0.2, 0) is 16.6 Å². The van der Waals surface area contributed by atoms with E-state index in [0.717, 1.165) is 25.9 Å². The molecule has 6 nitrogen and oxygen atoms in total. The minimum Gasteiger partial charge on any atom is -0.325 e. The molecule has 0 radical (unpaired) electrons. The maximum absolute atomic E-state index is 12.3. The van der Waals surface area contributed by atoms with Crippen molar-refractivity contribution in [1.29, 1.82) is 0 Å². The van der Waals surface area contributed by atoms with E-state index in [0.29, 0.717) is 18.2 Å². The third kappa shape index (κ3) is 3.76. The Kier molecular flexibility index (Phi) is 5.09. The molecule has 7 heteroatoms. The summed E-state index contributed by atoms with van der Waals surface area (Å²) in [5, 5.41) is 0. The summed E-state index contributed by atoms with van der Waals surface area (Å²) in [4.78, 5) is 6.47. The average Bonchev–Trinajstić information content (AvgIpc) is 2.46. The number of nitrogens with zero attached hydrogens (tertiary/aromatic N) is 2. The Morgan fingerprint density at radius 2 is 2.15 bits per heavy atom. The molecule has 112 valence electrons. The summed E-state index contributed by atoms with van der Waals surface area (Å²) in [6, 6.07) is 3.16. The maximum Gasteiger partial charge on any atom is 0.242 e. The molecule has 0 spiro atoms. The fourth-order valence-electron chi connectivity index (χ4n) is 2.39. The SMILES string of the molecule is CN1CCC(CNS(=O)(=O)c2cccnc2CN)CC1. The number of hydrogen-bond donors (Lipinski definition) is 2. The molecule has 1 saturated heterocycles. The Morgan fingerprint density at radius 1 is 1.45 bits per heavy atom. The van der Waals surface area contributed by atoms with E-state index in [-0.39, 0.29) is 11.4 Å². The van der Waals surface area contributed by atoms with Crippen molar-refractivity contribution in [3.63, 3.8) is 0 Å². The van der Waals surface area contributed by atoms with Crippen LogP contribution in [0, 0.1) is 5.92 Å². The highest BCUT2D eigenvalue weighted by Crippen LogP contribution is 2.17. The number of sulfonamides is 1. The highest BCUT2D eigenvalue weighted by atomic mass is 32.2. The predicted molar refractivity (Wildman–Crippen MR) is 77.5 cm³/mol. The highest BCUT2D eigenvalue weighted by Gasteiger charge is 2.22. The summed E-state index contributed by atoms with van der Waals surface area (Å²) in [5.41, 5.74) is 5.95. The second-order valence-corrected chi connectivity index (χ2v) is 6.99. The molecular formula is C13H22N4O2S. The Balaban J connectivity index is 2.00. The van der Waals surface area contributed by atoms with Gasteiger partial charge in [0.2, 0.25) is 10.0 Å². The van der Waals surface area contributed by atoms with Gasteiger partial charge in [-0.05, 0) is 51.0 Å². The number of likely N-dealkylation sites (tertiary alicyclic amines) is 1. The van der Waals surface area contributed by atoms with Gasteiger partial charge in [0.05, 0.1) is 5.69 Å². The van der Waals surface area contributed by atoms with Gasteiger partial charge in [-0.1, -0.05) is 0 Å². The average molecular weight is 298 g/mol. The molecule has 3 N–H and O–H groups in total. The lowest BCUT2D eigenvalue weighted by Crippen LogP contribution is -2.37. The van der Waals surface area contributed by atoms with Gasteiger partial charge in [0.15, 0.2) is 0 Å². The van der Waals surface area contributed by atoms with E-state index in [1.165, 1.54) is 0 Å². The summed E-state index contributed by atoms with van der Waals surface area (Å²) in [6.45, 7) is 2.64. The number of nitrogens with two attached hydrogens (primary N) is 1. The molecule has 0 unspecified atom stereocenters. The molecule has 2 heterocycles. The number of aromatic nitrogens is 1. The standard InChI is InChI=1S/C13H22N4O2S/c1-17-7-4-11(5-8-17)10-16-20(18,19)13-3-2-6-15-12(13)9-14/h2-3,6,11,16H,4-5,7-10,14H2,1H3. The van der Waals surface area contributed by atoms with Crippen LogP contribution in [0.15, 0.2) is 23.2 Å². The van der Waals surface area contributed by atoms with Crippen molar-refractivity contribution in [3.05, 3.63) is 24.0 Å². The lowest BCUT2D eigenvalue weighted by Gasteiger charge is -2.28. The lowest BCUT2D eigenvalue weighted by atomic mass is 9.98. The van der Waals surface area contributed by atoms with Gasteiger partial charge in [-0.25, -0.2) is 13.1 Å². The van der Waals surface area contributed by atoms with Gasteiger partial charge in [-0.3, -0.25) is 4.98 Å². The Labute approximate surface area is 120 Å². The minimum atomic E-state index is -3.52.